The quantitative estimate of drug-likeness (QED) is 0.540. The number of rotatable bonds is 9. The fourth-order valence-electron chi connectivity index (χ4n) is 4.39. The highest BCUT2D eigenvalue weighted by atomic mass is 32.2. The van der Waals surface area contributed by atoms with Gasteiger partial charge in [-0.05, 0) is 40.8 Å². The monoisotopic (exact) mass is 467 g/mol. The Morgan fingerprint density at radius 1 is 1.30 bits per heavy atom. The molecule has 0 aliphatic heterocycles. The molecule has 1 aliphatic rings. The van der Waals surface area contributed by atoms with Crippen LogP contribution in [0.5, 0.6) is 0 Å². The van der Waals surface area contributed by atoms with Crippen LogP contribution in [-0.4, -0.2) is 25.7 Å². The Labute approximate surface area is 187 Å². The number of nitrogens with one attached hydrogen (secondary N) is 1. The normalized spacial score (nSPS) is 22.3. The first-order chi connectivity index (χ1) is 14.0. The molecular formula is C22H29NO4S3. The minimum atomic E-state index is -3.55. The lowest BCUT2D eigenvalue weighted by Gasteiger charge is -2.35. The molecule has 1 aliphatic carbocycles. The first kappa shape index (κ1) is 23.3. The Morgan fingerprint density at radius 2 is 2.03 bits per heavy atom. The van der Waals surface area contributed by atoms with E-state index in [-0.39, 0.29) is 47.0 Å². The topological polar surface area (TPSA) is 80.3 Å². The van der Waals surface area contributed by atoms with Gasteiger partial charge >= 0.3 is 0 Å². The summed E-state index contributed by atoms with van der Waals surface area (Å²) in [5, 5.41) is 3.67. The highest BCUT2D eigenvalue weighted by Gasteiger charge is 2.49. The molecule has 2 aromatic rings. The van der Waals surface area contributed by atoms with Gasteiger partial charge in [0.05, 0.1) is 10.6 Å². The van der Waals surface area contributed by atoms with E-state index < -0.39 is 10.0 Å². The van der Waals surface area contributed by atoms with E-state index in [1.807, 2.05) is 17.7 Å². The zero-order valence-corrected chi connectivity index (χ0v) is 20.3. The van der Waals surface area contributed by atoms with Crippen molar-refractivity contribution in [2.45, 2.75) is 47.1 Å². The van der Waals surface area contributed by atoms with Gasteiger partial charge in [-0.15, -0.1) is 11.3 Å². The van der Waals surface area contributed by atoms with Crippen LogP contribution in [0.2, 0.25) is 0 Å². The molecule has 2 aromatic heterocycles. The molecule has 0 amide bonds. The summed E-state index contributed by atoms with van der Waals surface area (Å²) in [5.74, 6) is -0.0890. The van der Waals surface area contributed by atoms with Crippen LogP contribution in [0.1, 0.15) is 60.6 Å². The van der Waals surface area contributed by atoms with Gasteiger partial charge in [-0.2, -0.15) is 11.3 Å². The molecule has 0 aromatic carbocycles. The maximum absolute atomic E-state index is 12.8. The first-order valence-electron chi connectivity index (χ1n) is 10.2. The van der Waals surface area contributed by atoms with Crippen molar-refractivity contribution >= 4 is 44.3 Å². The number of carbonyl (C=O) groups excluding carboxylic acids is 2. The molecule has 2 heterocycles. The number of sulfonamides is 1. The maximum atomic E-state index is 12.8. The summed E-state index contributed by atoms with van der Waals surface area (Å²) in [6.45, 7) is 8.33. The van der Waals surface area contributed by atoms with E-state index in [0.717, 1.165) is 4.88 Å². The summed E-state index contributed by atoms with van der Waals surface area (Å²) in [6.07, 6.45) is 1.17. The molecular weight excluding hydrogens is 438 g/mol. The largest absolute Gasteiger partial charge is 0.299 e. The molecule has 3 rings (SSSR count). The Hall–Kier alpha value is -1.35. The third-order valence-corrected chi connectivity index (χ3v) is 9.71. The molecule has 8 heteroatoms. The Kier molecular flexibility index (Phi) is 7.01. The zero-order valence-electron chi connectivity index (χ0n) is 17.8. The van der Waals surface area contributed by atoms with Gasteiger partial charge in [-0.25, -0.2) is 13.1 Å². The standard InChI is InChI=1S/C22H29NO4S3/c1-5-15(20-18(24)10-14(2)22(20,3)4)13-30(26,27)23-11-17-6-7-19(29-17)21(25)16-8-9-28-12-16/h6-9,12,14-15,20,23H,5,10-11,13H2,1-4H3. The second-order valence-corrected chi connectivity index (χ2v) is 12.5. The first-order valence-corrected chi connectivity index (χ1v) is 13.6. The van der Waals surface area contributed by atoms with Crippen LogP contribution < -0.4 is 4.72 Å². The van der Waals surface area contributed by atoms with Crippen molar-refractivity contribution in [1.82, 2.24) is 4.72 Å². The van der Waals surface area contributed by atoms with Gasteiger partial charge < -0.3 is 0 Å². The Morgan fingerprint density at radius 3 is 2.60 bits per heavy atom. The number of hydrogen-bond acceptors (Lipinski definition) is 6. The predicted octanol–water partition coefficient (Wildman–Crippen LogP) is 4.74. The lowest BCUT2D eigenvalue weighted by atomic mass is 9.70. The van der Waals surface area contributed by atoms with E-state index >= 15 is 0 Å². The van der Waals surface area contributed by atoms with Crippen LogP contribution in [0.25, 0.3) is 0 Å². The van der Waals surface area contributed by atoms with Crippen molar-refractivity contribution in [3.8, 4) is 0 Å². The van der Waals surface area contributed by atoms with E-state index in [1.165, 1.54) is 22.7 Å². The molecule has 0 spiro atoms. The second-order valence-electron chi connectivity index (χ2n) is 8.75. The summed E-state index contributed by atoms with van der Waals surface area (Å²) in [4.78, 5) is 26.4. The van der Waals surface area contributed by atoms with E-state index in [1.54, 1.807) is 18.2 Å². The highest BCUT2D eigenvalue weighted by Crippen LogP contribution is 2.49. The van der Waals surface area contributed by atoms with Gasteiger partial charge in [0.15, 0.2) is 0 Å². The van der Waals surface area contributed by atoms with Gasteiger partial charge in [0.25, 0.3) is 0 Å². The van der Waals surface area contributed by atoms with E-state index in [4.69, 9.17) is 0 Å². The molecule has 0 radical (unpaired) electrons. The van der Waals surface area contributed by atoms with Crippen LogP contribution >= 0.6 is 22.7 Å². The molecule has 3 atom stereocenters. The number of carbonyl (C=O) groups is 2. The predicted molar refractivity (Wildman–Crippen MR) is 123 cm³/mol. The van der Waals surface area contributed by atoms with Crippen LogP contribution in [0.15, 0.2) is 29.0 Å². The molecule has 1 fully saturated rings. The number of thiophene rings is 2. The molecule has 30 heavy (non-hydrogen) atoms. The minimum absolute atomic E-state index is 0.0440. The van der Waals surface area contributed by atoms with E-state index in [2.05, 4.69) is 25.5 Å². The lowest BCUT2D eigenvalue weighted by Crippen LogP contribution is -2.38. The Bertz CT molecular complexity index is 1010. The number of hydrogen-bond donors (Lipinski definition) is 1. The third-order valence-electron chi connectivity index (χ3n) is 6.49. The maximum Gasteiger partial charge on any atom is 0.212 e. The van der Waals surface area contributed by atoms with Crippen molar-refractivity contribution in [1.29, 1.82) is 0 Å². The van der Waals surface area contributed by atoms with Gasteiger partial charge in [-0.1, -0.05) is 34.1 Å². The Balaban J connectivity index is 1.64. The summed E-state index contributed by atoms with van der Waals surface area (Å²) in [6, 6.07) is 5.31. The van der Waals surface area contributed by atoms with Crippen LogP contribution in [-0.2, 0) is 21.4 Å². The highest BCUT2D eigenvalue weighted by molar-refractivity contribution is 7.89. The van der Waals surface area contributed by atoms with Gasteiger partial charge in [-0.3, -0.25) is 9.59 Å². The fraction of sp³-hybridized carbons (Fsp3) is 0.545. The van der Waals surface area contributed by atoms with Crippen molar-refractivity contribution in [2.75, 3.05) is 5.75 Å². The number of Topliss-reactive ketones (excluding diaryl/α,β-unsaturated/α-hetero) is 1. The summed E-state index contributed by atoms with van der Waals surface area (Å²) >= 11 is 2.77. The van der Waals surface area contributed by atoms with Crippen molar-refractivity contribution in [3.63, 3.8) is 0 Å². The minimum Gasteiger partial charge on any atom is -0.299 e. The van der Waals surface area contributed by atoms with E-state index in [9.17, 15) is 18.0 Å². The molecule has 3 unspecified atom stereocenters. The SMILES string of the molecule is CCC(CS(=O)(=O)NCc1ccc(C(=O)c2ccsc2)s1)C1C(=O)CC(C)C1(C)C. The van der Waals surface area contributed by atoms with Gasteiger partial charge in [0, 0.05) is 34.7 Å². The molecule has 0 saturated heterocycles. The van der Waals surface area contributed by atoms with Crippen molar-refractivity contribution in [2.24, 2.45) is 23.2 Å². The molecule has 5 nitrogen and oxygen atoms in total. The number of ketones is 2. The summed E-state index contributed by atoms with van der Waals surface area (Å²) in [7, 11) is -3.55. The summed E-state index contributed by atoms with van der Waals surface area (Å²) < 4.78 is 28.2. The lowest BCUT2D eigenvalue weighted by molar-refractivity contribution is -0.123. The van der Waals surface area contributed by atoms with E-state index in [0.29, 0.717) is 23.3 Å². The molecule has 1 N–H and O–H groups in total. The second kappa shape index (κ2) is 9.02. The van der Waals surface area contributed by atoms with Gasteiger partial charge in [0.1, 0.15) is 5.78 Å². The fourth-order valence-corrected chi connectivity index (χ4v) is 7.51. The molecule has 1 saturated carbocycles. The zero-order chi connectivity index (χ0) is 22.1. The average molecular weight is 468 g/mol. The average Bonchev–Trinajstić information content (AvgIpc) is 3.40. The smallest absolute Gasteiger partial charge is 0.212 e. The van der Waals surface area contributed by atoms with Gasteiger partial charge in [0.2, 0.25) is 15.8 Å². The van der Waals surface area contributed by atoms with Crippen molar-refractivity contribution < 1.29 is 18.0 Å². The van der Waals surface area contributed by atoms with Crippen molar-refractivity contribution in [3.05, 3.63) is 44.3 Å². The summed E-state index contributed by atoms with van der Waals surface area (Å²) in [5.41, 5.74) is 0.454. The van der Waals surface area contributed by atoms with Crippen LogP contribution in [0.3, 0.4) is 0 Å². The third kappa shape index (κ3) is 4.93. The molecule has 0 bridgehead atoms. The van der Waals surface area contributed by atoms with Crippen LogP contribution in [0.4, 0.5) is 0 Å². The molecule has 164 valence electrons. The van der Waals surface area contributed by atoms with Crippen LogP contribution in [0, 0.1) is 23.2 Å².